The molecule has 0 aliphatic carbocycles. The van der Waals surface area contributed by atoms with Crippen LogP contribution < -0.4 is 42.5 Å². The molecule has 99 heavy (non-hydrogen) atoms. The smallest absolute Gasteiger partial charge is 0.329 e. The molecule has 0 aromatic heterocycles. The normalized spacial score (nSPS) is 24.8. The fourth-order valence-corrected chi connectivity index (χ4v) is 11.8. The fourth-order valence-electron chi connectivity index (χ4n) is 11.8. The molecule has 1 fully saturated rings. The Morgan fingerprint density at radius 1 is 0.556 bits per heavy atom. The molecule has 0 bridgehead atoms. The zero-order valence-electron chi connectivity index (χ0n) is 63.9. The highest BCUT2D eigenvalue weighted by Gasteiger charge is 2.43. The molecule has 1 aliphatic rings. The molecule has 566 valence electrons. The van der Waals surface area contributed by atoms with Gasteiger partial charge in [-0.1, -0.05) is 130 Å². The van der Waals surface area contributed by atoms with Crippen LogP contribution in [0.1, 0.15) is 182 Å². The maximum absolute atomic E-state index is 14.8. The van der Waals surface area contributed by atoms with Gasteiger partial charge in [-0.05, 0) is 80.5 Å². The van der Waals surface area contributed by atoms with Crippen molar-refractivity contribution >= 4 is 82.8 Å². The minimum atomic E-state index is -1.73. The van der Waals surface area contributed by atoms with Crippen molar-refractivity contribution in [3.8, 4) is 0 Å². The molecule has 8 N–H and O–H groups in total. The Morgan fingerprint density at radius 3 is 1.42 bits per heavy atom. The number of ether oxygens (including phenoxy) is 2. The van der Waals surface area contributed by atoms with Gasteiger partial charge < -0.3 is 76.5 Å². The average Bonchev–Trinajstić information content (AvgIpc) is 0.832. The summed E-state index contributed by atoms with van der Waals surface area (Å²) in [5.74, 6) is -12.4. The van der Waals surface area contributed by atoms with Crippen molar-refractivity contribution in [3.63, 3.8) is 0 Å². The van der Waals surface area contributed by atoms with E-state index in [-0.39, 0.29) is 76.1 Å². The lowest BCUT2D eigenvalue weighted by Crippen LogP contribution is -2.61. The number of methoxy groups -OCH3 is 1. The summed E-state index contributed by atoms with van der Waals surface area (Å²) in [5, 5.41) is 21.9. The van der Waals surface area contributed by atoms with Crippen LogP contribution in [0.3, 0.4) is 0 Å². The van der Waals surface area contributed by atoms with Gasteiger partial charge in [-0.25, -0.2) is 4.79 Å². The van der Waals surface area contributed by atoms with E-state index in [2.05, 4.69) is 42.5 Å². The van der Waals surface area contributed by atoms with Gasteiger partial charge in [-0.2, -0.15) is 0 Å². The van der Waals surface area contributed by atoms with Crippen LogP contribution in [0.25, 0.3) is 0 Å². The summed E-state index contributed by atoms with van der Waals surface area (Å²) in [7, 11) is 8.40. The second-order valence-electron chi connectivity index (χ2n) is 28.8. The summed E-state index contributed by atoms with van der Waals surface area (Å²) >= 11 is 0. The number of hydrogen-bond donors (Lipinski definition) is 8. The standard InChI is InChI=1S/C70H125N13O16/c1-25-43(14)56-68(95)81(21)58(42(12)13)69(96)79(19)46(17)61(88)71-31-28-51(84)75-49(35-39(6)7)66(93)83(23)60(45(16)27-3)70(97)99-47(18)57(78-62(89)50(36-40(8)9)80(20)67(94)55(41(10)11)77-54(87)37-98-24)63(90)72-32-29-52(85)74-48(34-38(4)5)65(92)82(22)59(44(15)26-2)64(91)73-33-30-53(86)76-56/h38-50,55-60H,25-37H2,1-24H3,(H,71,88)(H,72,90)(H,73,91)(H,74,85)(H,75,84)(H,76,86)(H,77,87)(H,78,89)/t43-,44+,45+,46+,47-,48-,49-,50-,55+,56-,57+,58+,59+,60-/m1/s1. The molecule has 1 rings (SSSR count). The van der Waals surface area contributed by atoms with Crippen LogP contribution in [-0.4, -0.2) is 242 Å². The first-order valence-electron chi connectivity index (χ1n) is 35.4. The molecule has 0 radical (unpaired) electrons. The Balaban J connectivity index is 4.18. The Labute approximate surface area is 589 Å². The summed E-state index contributed by atoms with van der Waals surface area (Å²) < 4.78 is 11.1. The van der Waals surface area contributed by atoms with Crippen molar-refractivity contribution in [2.75, 3.05) is 68.6 Å². The summed E-state index contributed by atoms with van der Waals surface area (Å²) in [6, 6.07) is -12.2. The maximum Gasteiger partial charge on any atom is 0.329 e. The number of rotatable bonds is 21. The van der Waals surface area contributed by atoms with Crippen LogP contribution in [0.4, 0.5) is 0 Å². The molecule has 1 aliphatic heterocycles. The number of amides is 13. The molecule has 0 aromatic carbocycles. The third-order valence-corrected chi connectivity index (χ3v) is 18.5. The van der Waals surface area contributed by atoms with E-state index in [0.29, 0.717) is 19.3 Å². The molecule has 0 spiro atoms. The van der Waals surface area contributed by atoms with E-state index in [9.17, 15) is 67.1 Å². The van der Waals surface area contributed by atoms with Gasteiger partial charge in [-0.15, -0.1) is 0 Å². The quantitative estimate of drug-likeness (QED) is 0.0764. The van der Waals surface area contributed by atoms with E-state index in [1.54, 1.807) is 55.4 Å². The number of nitrogens with one attached hydrogen (secondary N) is 8. The van der Waals surface area contributed by atoms with Crippen molar-refractivity contribution in [3.05, 3.63) is 0 Å². The van der Waals surface area contributed by atoms with Crippen molar-refractivity contribution in [2.45, 2.75) is 249 Å². The van der Waals surface area contributed by atoms with E-state index < -0.39 is 185 Å². The van der Waals surface area contributed by atoms with Crippen LogP contribution in [0.2, 0.25) is 0 Å². The number of esters is 1. The Kier molecular flexibility index (Phi) is 39.1. The number of carbonyl (C=O) groups excluding carboxylic acids is 14. The number of nitrogens with zero attached hydrogens (tertiary/aromatic N) is 5. The lowest BCUT2D eigenvalue weighted by molar-refractivity contribution is -0.163. The molecule has 29 heteroatoms. The van der Waals surface area contributed by atoms with Crippen molar-refractivity contribution in [1.29, 1.82) is 0 Å². The highest BCUT2D eigenvalue weighted by atomic mass is 16.5. The minimum Gasteiger partial charge on any atom is -0.458 e. The lowest BCUT2D eigenvalue weighted by atomic mass is 9.94. The zero-order chi connectivity index (χ0) is 76.2. The van der Waals surface area contributed by atoms with Crippen molar-refractivity contribution in [2.24, 2.45) is 47.3 Å². The monoisotopic (exact) mass is 1400 g/mol. The number of likely N-dealkylation sites (N-methyl/N-ethyl adjacent to an activating group) is 5. The summed E-state index contributed by atoms with van der Waals surface area (Å²) in [4.78, 5) is 205. The van der Waals surface area contributed by atoms with Gasteiger partial charge in [0.1, 0.15) is 73.1 Å². The Hall–Kier alpha value is -7.46. The molecular weight excluding hydrogens is 1280 g/mol. The molecule has 14 atom stereocenters. The SMILES string of the molecule is CC[C@@H](C)[C@H]1NC(=O)CCNC(=O)[C@H]([C@@H](C)CC)N(C)C(=O)[C@@H](CC(C)C)NC(=O)CCNC(=O)[C@@H](NC(=O)[C@@H](CC(C)C)N(C)C(=O)[C@@H](NC(=O)COC)C(C)C)[C@@H](C)OC(=O)[C@@H]([C@@H](C)CC)N(C)C(=O)[C@@H](CC(C)C)NC(=O)CCNC(=O)[C@H](C)N(C)C(=O)[C@H](C(C)C)N(C)C1=O. The van der Waals surface area contributed by atoms with Crippen molar-refractivity contribution in [1.82, 2.24) is 67.0 Å². The minimum absolute atomic E-state index is 0.0609. The third-order valence-electron chi connectivity index (χ3n) is 18.5. The third kappa shape index (κ3) is 27.9. The molecule has 0 saturated carbocycles. The van der Waals surface area contributed by atoms with E-state index in [0.717, 1.165) is 4.90 Å². The second kappa shape index (κ2) is 43.3. The molecule has 1 saturated heterocycles. The van der Waals surface area contributed by atoms with E-state index >= 15 is 0 Å². The second-order valence-corrected chi connectivity index (χ2v) is 28.8. The van der Waals surface area contributed by atoms with Gasteiger partial charge in [0.25, 0.3) is 0 Å². The predicted octanol–water partition coefficient (Wildman–Crippen LogP) is 2.26. The molecule has 0 aromatic rings. The summed E-state index contributed by atoms with van der Waals surface area (Å²) in [6.07, 6.45) is -0.987. The molecule has 29 nitrogen and oxygen atoms in total. The van der Waals surface area contributed by atoms with Gasteiger partial charge in [-0.3, -0.25) is 62.3 Å². The summed E-state index contributed by atoms with van der Waals surface area (Å²) in [5.41, 5.74) is 0. The lowest BCUT2D eigenvalue weighted by Gasteiger charge is -2.37. The highest BCUT2D eigenvalue weighted by molar-refractivity contribution is 5.97. The number of carbonyl (C=O) groups is 14. The first kappa shape index (κ1) is 89.6. The molecule has 13 amide bonds. The van der Waals surface area contributed by atoms with Gasteiger partial charge in [0.2, 0.25) is 76.8 Å². The molecular formula is C70H125N13O16. The maximum atomic E-state index is 14.8. The van der Waals surface area contributed by atoms with Crippen LogP contribution >= 0.6 is 0 Å². The Bertz CT molecular complexity index is 2730. The van der Waals surface area contributed by atoms with Crippen molar-refractivity contribution < 1.29 is 76.6 Å². The van der Waals surface area contributed by atoms with E-state index in [1.807, 2.05) is 55.4 Å². The zero-order valence-corrected chi connectivity index (χ0v) is 63.9. The van der Waals surface area contributed by atoms with Gasteiger partial charge >= 0.3 is 5.97 Å². The largest absolute Gasteiger partial charge is 0.458 e. The number of hydrogen-bond acceptors (Lipinski definition) is 16. The molecule has 1 heterocycles. The first-order valence-corrected chi connectivity index (χ1v) is 35.4. The van der Waals surface area contributed by atoms with Crippen LogP contribution in [0.5, 0.6) is 0 Å². The Morgan fingerprint density at radius 2 is 0.990 bits per heavy atom. The van der Waals surface area contributed by atoms with E-state index in [4.69, 9.17) is 9.47 Å². The van der Waals surface area contributed by atoms with E-state index in [1.165, 1.54) is 75.8 Å². The van der Waals surface area contributed by atoms with Crippen LogP contribution in [0, 0.1) is 47.3 Å². The average molecular weight is 1400 g/mol. The molecule has 0 unspecified atom stereocenters. The fraction of sp³-hybridized carbons (Fsp3) is 0.800. The van der Waals surface area contributed by atoms with Crippen LogP contribution in [0.15, 0.2) is 0 Å². The van der Waals surface area contributed by atoms with Gasteiger partial charge in [0.05, 0.1) is 0 Å². The topological polar surface area (TPSA) is 370 Å². The number of cyclic esters (lactones) is 1. The predicted molar refractivity (Wildman–Crippen MR) is 375 cm³/mol. The van der Waals surface area contributed by atoms with Gasteiger partial charge in [0.15, 0.2) is 0 Å². The first-order chi connectivity index (χ1) is 46.1. The summed E-state index contributed by atoms with van der Waals surface area (Å²) in [6.45, 7) is 30.3. The highest BCUT2D eigenvalue weighted by Crippen LogP contribution is 2.24. The van der Waals surface area contributed by atoms with Gasteiger partial charge in [0, 0.05) is 81.2 Å². The van der Waals surface area contributed by atoms with Crippen LogP contribution in [-0.2, 0) is 76.6 Å².